The Balaban J connectivity index is 1.37. The number of carbonyl (C=O) groups is 1. The molecule has 0 aromatic heterocycles. The predicted octanol–water partition coefficient (Wildman–Crippen LogP) is 6.07. The van der Waals surface area contributed by atoms with Crippen LogP contribution in [-0.2, 0) is 17.5 Å². The van der Waals surface area contributed by atoms with Crippen LogP contribution in [0.25, 0.3) is 0 Å². The molecule has 36 heavy (non-hydrogen) atoms. The molecular formula is C25H33F6N3O2. The molecular weight excluding hydrogens is 488 g/mol. The molecule has 0 radical (unpaired) electrons. The zero-order valence-electron chi connectivity index (χ0n) is 20.4. The molecule has 0 saturated carbocycles. The standard InChI is InChI=1S/C25H33F6N3O2/c1-18(24(26,27)28)36-22(35)34-14-9-23(17-34)7-12-32(13-8-23)16-19-5-6-20(25(29,30)31)15-21(19)33-10-3-2-4-11-33/h5-6,15,18H,2-4,7-14,16-17H2,1H3. The van der Waals surface area contributed by atoms with Crippen molar-refractivity contribution in [2.75, 3.05) is 44.2 Å². The smallest absolute Gasteiger partial charge is 0.425 e. The predicted molar refractivity (Wildman–Crippen MR) is 123 cm³/mol. The van der Waals surface area contributed by atoms with E-state index in [2.05, 4.69) is 14.5 Å². The lowest BCUT2D eigenvalue weighted by molar-refractivity contribution is -0.199. The third-order valence-electron chi connectivity index (χ3n) is 7.86. The average molecular weight is 522 g/mol. The Morgan fingerprint density at radius 1 is 0.972 bits per heavy atom. The van der Waals surface area contributed by atoms with Crippen LogP contribution in [0.3, 0.4) is 0 Å². The summed E-state index contributed by atoms with van der Waals surface area (Å²) in [6.45, 7) is 5.00. The molecule has 0 bridgehead atoms. The third-order valence-corrected chi connectivity index (χ3v) is 7.86. The Bertz CT molecular complexity index is 921. The van der Waals surface area contributed by atoms with E-state index in [1.807, 2.05) is 0 Å². The molecule has 0 aliphatic carbocycles. The average Bonchev–Trinajstić information content (AvgIpc) is 3.24. The highest BCUT2D eigenvalue weighted by Crippen LogP contribution is 2.42. The normalized spacial score (nSPS) is 22.2. The monoisotopic (exact) mass is 521 g/mol. The molecule has 1 atom stereocenters. The second kappa shape index (κ2) is 10.3. The maximum atomic E-state index is 13.4. The molecule has 3 fully saturated rings. The van der Waals surface area contributed by atoms with Crippen molar-refractivity contribution in [3.05, 3.63) is 29.3 Å². The van der Waals surface area contributed by atoms with Gasteiger partial charge in [-0.2, -0.15) is 26.3 Å². The van der Waals surface area contributed by atoms with Crippen molar-refractivity contribution in [3.63, 3.8) is 0 Å². The number of alkyl halides is 6. The largest absolute Gasteiger partial charge is 0.437 e. The minimum absolute atomic E-state index is 0.160. The summed E-state index contributed by atoms with van der Waals surface area (Å²) >= 11 is 0. The van der Waals surface area contributed by atoms with Gasteiger partial charge in [-0.25, -0.2) is 4.79 Å². The molecule has 11 heteroatoms. The van der Waals surface area contributed by atoms with Gasteiger partial charge in [0.15, 0.2) is 6.10 Å². The molecule has 3 heterocycles. The highest BCUT2D eigenvalue weighted by Gasteiger charge is 2.45. The molecule has 3 aliphatic rings. The molecule has 3 saturated heterocycles. The lowest BCUT2D eigenvalue weighted by Crippen LogP contribution is -2.43. The fourth-order valence-electron chi connectivity index (χ4n) is 5.52. The van der Waals surface area contributed by atoms with Crippen LogP contribution in [0.4, 0.5) is 36.8 Å². The molecule has 0 N–H and O–H groups in total. The van der Waals surface area contributed by atoms with Gasteiger partial charge in [-0.1, -0.05) is 6.07 Å². The molecule has 5 nitrogen and oxygen atoms in total. The van der Waals surface area contributed by atoms with Gasteiger partial charge in [0.25, 0.3) is 0 Å². The topological polar surface area (TPSA) is 36.0 Å². The number of likely N-dealkylation sites (tertiary alicyclic amines) is 2. The molecule has 1 aromatic carbocycles. The van der Waals surface area contributed by atoms with E-state index >= 15 is 0 Å². The van der Waals surface area contributed by atoms with Crippen molar-refractivity contribution in [1.29, 1.82) is 0 Å². The maximum Gasteiger partial charge on any atom is 0.425 e. The SMILES string of the molecule is CC(OC(=O)N1CCC2(CCN(Cc3ccc(C(F)(F)F)cc3N3CCCCC3)CC2)C1)C(F)(F)F. The van der Waals surface area contributed by atoms with Gasteiger partial charge in [0, 0.05) is 38.4 Å². The van der Waals surface area contributed by atoms with Crippen LogP contribution < -0.4 is 4.90 Å². The van der Waals surface area contributed by atoms with Crippen LogP contribution in [0.5, 0.6) is 0 Å². The highest BCUT2D eigenvalue weighted by molar-refractivity contribution is 5.68. The minimum atomic E-state index is -4.59. The number of hydrogen-bond donors (Lipinski definition) is 0. The summed E-state index contributed by atoms with van der Waals surface area (Å²) in [6, 6.07) is 4.01. The summed E-state index contributed by atoms with van der Waals surface area (Å²) in [6.07, 6.45) is -6.83. The summed E-state index contributed by atoms with van der Waals surface area (Å²) in [5, 5.41) is 0. The first-order valence-electron chi connectivity index (χ1n) is 12.6. The van der Waals surface area contributed by atoms with Crippen molar-refractivity contribution in [3.8, 4) is 0 Å². The lowest BCUT2D eigenvalue weighted by atomic mass is 9.77. The van der Waals surface area contributed by atoms with Gasteiger partial charge in [0.1, 0.15) is 0 Å². The number of amides is 1. The Labute approximate surface area is 207 Å². The molecule has 1 spiro atoms. The summed E-state index contributed by atoms with van der Waals surface area (Å²) in [5.74, 6) is 0. The van der Waals surface area contributed by atoms with Crippen LogP contribution in [0.2, 0.25) is 0 Å². The van der Waals surface area contributed by atoms with E-state index < -0.39 is 30.1 Å². The Hall–Kier alpha value is -2.17. The fraction of sp³-hybridized carbons (Fsp3) is 0.720. The first-order chi connectivity index (χ1) is 16.9. The number of ether oxygens (including phenoxy) is 1. The Morgan fingerprint density at radius 3 is 2.22 bits per heavy atom. The number of benzene rings is 1. The van der Waals surface area contributed by atoms with E-state index in [9.17, 15) is 31.1 Å². The molecule has 202 valence electrons. The number of nitrogens with zero attached hydrogens (tertiary/aromatic N) is 3. The van der Waals surface area contributed by atoms with E-state index in [4.69, 9.17) is 0 Å². The van der Waals surface area contributed by atoms with Crippen LogP contribution in [0, 0.1) is 5.41 Å². The van der Waals surface area contributed by atoms with Crippen LogP contribution in [0.1, 0.15) is 56.6 Å². The summed E-state index contributed by atoms with van der Waals surface area (Å²) in [5.41, 5.74) is 0.728. The van der Waals surface area contributed by atoms with Crippen molar-refractivity contribution in [2.24, 2.45) is 5.41 Å². The number of rotatable bonds is 4. The highest BCUT2D eigenvalue weighted by atomic mass is 19.4. The summed E-state index contributed by atoms with van der Waals surface area (Å²) in [7, 11) is 0. The Kier molecular flexibility index (Phi) is 7.69. The van der Waals surface area contributed by atoms with Crippen molar-refractivity contribution in [2.45, 2.75) is 70.4 Å². The second-order valence-electron chi connectivity index (χ2n) is 10.4. The molecule has 1 aromatic rings. The van der Waals surface area contributed by atoms with Gasteiger partial charge in [-0.05, 0) is 81.6 Å². The van der Waals surface area contributed by atoms with Crippen molar-refractivity contribution < 1.29 is 35.9 Å². The summed E-state index contributed by atoms with van der Waals surface area (Å²) in [4.78, 5) is 17.9. The number of carbonyl (C=O) groups excluding carboxylic acids is 1. The van der Waals surface area contributed by atoms with Gasteiger partial charge in [0.05, 0.1) is 5.56 Å². The molecule has 1 amide bonds. The number of anilines is 1. The Morgan fingerprint density at radius 2 is 1.61 bits per heavy atom. The van der Waals surface area contributed by atoms with E-state index in [1.54, 1.807) is 6.07 Å². The molecule has 4 rings (SSSR count). The van der Waals surface area contributed by atoms with Gasteiger partial charge < -0.3 is 14.5 Å². The summed E-state index contributed by atoms with van der Waals surface area (Å²) < 4.78 is 83.0. The molecule has 3 aliphatic heterocycles. The zero-order chi connectivity index (χ0) is 26.1. The minimum Gasteiger partial charge on any atom is -0.437 e. The lowest BCUT2D eigenvalue weighted by Gasteiger charge is -2.40. The van der Waals surface area contributed by atoms with Gasteiger partial charge in [0.2, 0.25) is 0 Å². The van der Waals surface area contributed by atoms with Gasteiger partial charge >= 0.3 is 18.4 Å². The molecule has 1 unspecified atom stereocenters. The van der Waals surface area contributed by atoms with Crippen molar-refractivity contribution >= 4 is 11.8 Å². The number of piperidine rings is 2. The van der Waals surface area contributed by atoms with Crippen LogP contribution in [0.15, 0.2) is 18.2 Å². The third kappa shape index (κ3) is 6.20. The first kappa shape index (κ1) is 26.9. The van der Waals surface area contributed by atoms with Crippen molar-refractivity contribution in [1.82, 2.24) is 9.80 Å². The number of hydrogen-bond acceptors (Lipinski definition) is 4. The van der Waals surface area contributed by atoms with E-state index in [1.165, 1.54) is 11.0 Å². The quantitative estimate of drug-likeness (QED) is 0.451. The van der Waals surface area contributed by atoms with E-state index in [0.717, 1.165) is 63.7 Å². The van der Waals surface area contributed by atoms with Gasteiger partial charge in [-0.15, -0.1) is 0 Å². The van der Waals surface area contributed by atoms with E-state index in [0.29, 0.717) is 44.8 Å². The number of halogens is 6. The van der Waals surface area contributed by atoms with Crippen LogP contribution >= 0.6 is 0 Å². The van der Waals surface area contributed by atoms with Crippen LogP contribution in [-0.4, -0.2) is 67.4 Å². The van der Waals surface area contributed by atoms with Gasteiger partial charge in [-0.3, -0.25) is 4.90 Å². The zero-order valence-corrected chi connectivity index (χ0v) is 20.4. The fourth-order valence-corrected chi connectivity index (χ4v) is 5.52. The maximum absolute atomic E-state index is 13.4. The second-order valence-corrected chi connectivity index (χ2v) is 10.4. The van der Waals surface area contributed by atoms with E-state index in [-0.39, 0.29) is 5.41 Å². The first-order valence-corrected chi connectivity index (χ1v) is 12.6.